The molecule has 0 spiro atoms. The van der Waals surface area contributed by atoms with Gasteiger partial charge >= 0.3 is 5.97 Å². The molecule has 1 N–H and O–H groups in total. The van der Waals surface area contributed by atoms with Gasteiger partial charge in [-0.1, -0.05) is 0 Å². The van der Waals surface area contributed by atoms with E-state index in [1.807, 2.05) is 29.5 Å². The molecule has 0 aromatic carbocycles. The van der Waals surface area contributed by atoms with Gasteiger partial charge in [0.05, 0.1) is 11.6 Å². The molecule has 0 aliphatic carbocycles. The third kappa shape index (κ3) is 2.43. The standard InChI is InChI=1S/C15H21N3O3/c1-9-7-10(2)17(16-9)6-5-14(19)18-11-3-4-13(18)12(8-11)15(20)21/h7,11-13H,3-6,8H2,1-2H3,(H,20,21). The summed E-state index contributed by atoms with van der Waals surface area (Å²) in [6.45, 7) is 4.47. The van der Waals surface area contributed by atoms with Gasteiger partial charge < -0.3 is 10.0 Å². The van der Waals surface area contributed by atoms with Crippen molar-refractivity contribution in [2.45, 2.75) is 58.2 Å². The van der Waals surface area contributed by atoms with E-state index in [1.165, 1.54) is 0 Å². The van der Waals surface area contributed by atoms with Gasteiger partial charge in [0.15, 0.2) is 0 Å². The van der Waals surface area contributed by atoms with Gasteiger partial charge in [0.1, 0.15) is 0 Å². The Bertz CT molecular complexity index is 581. The van der Waals surface area contributed by atoms with Crippen molar-refractivity contribution in [2.75, 3.05) is 0 Å². The first-order valence-corrected chi connectivity index (χ1v) is 7.52. The van der Waals surface area contributed by atoms with Crippen LogP contribution in [0.1, 0.15) is 37.1 Å². The summed E-state index contributed by atoms with van der Waals surface area (Å²) in [6.07, 6.45) is 2.78. The molecular weight excluding hydrogens is 270 g/mol. The van der Waals surface area contributed by atoms with Gasteiger partial charge in [-0.25, -0.2) is 0 Å². The Kier molecular flexibility index (Phi) is 3.47. The predicted octanol–water partition coefficient (Wildman–Crippen LogP) is 1.35. The molecule has 3 unspecified atom stereocenters. The maximum atomic E-state index is 12.5. The Balaban J connectivity index is 1.64. The number of carbonyl (C=O) groups is 2. The van der Waals surface area contributed by atoms with E-state index in [9.17, 15) is 14.7 Å². The molecule has 0 radical (unpaired) electrons. The Morgan fingerprint density at radius 1 is 1.38 bits per heavy atom. The van der Waals surface area contributed by atoms with E-state index < -0.39 is 5.97 Å². The lowest BCUT2D eigenvalue weighted by Gasteiger charge is -2.23. The molecule has 2 saturated heterocycles. The fraction of sp³-hybridized carbons (Fsp3) is 0.667. The summed E-state index contributed by atoms with van der Waals surface area (Å²) in [5.74, 6) is -1.07. The highest BCUT2D eigenvalue weighted by atomic mass is 16.4. The molecule has 3 rings (SSSR count). The SMILES string of the molecule is Cc1cc(C)n(CCC(=O)N2C3CCC2C(C(=O)O)C3)n1. The normalized spacial score (nSPS) is 27.3. The summed E-state index contributed by atoms with van der Waals surface area (Å²) in [4.78, 5) is 25.5. The molecule has 2 bridgehead atoms. The maximum absolute atomic E-state index is 12.5. The van der Waals surface area contributed by atoms with E-state index in [0.29, 0.717) is 19.4 Å². The second-order valence-electron chi connectivity index (χ2n) is 6.18. The summed E-state index contributed by atoms with van der Waals surface area (Å²) < 4.78 is 1.85. The highest BCUT2D eigenvalue weighted by molar-refractivity contribution is 5.80. The average Bonchev–Trinajstić information content (AvgIpc) is 3.08. The highest BCUT2D eigenvalue weighted by Gasteiger charge is 2.50. The lowest BCUT2D eigenvalue weighted by Crippen LogP contribution is -2.38. The van der Waals surface area contributed by atoms with Crippen molar-refractivity contribution < 1.29 is 14.7 Å². The minimum absolute atomic E-state index is 0.0683. The van der Waals surface area contributed by atoms with Crippen LogP contribution in [0.3, 0.4) is 0 Å². The summed E-state index contributed by atoms with van der Waals surface area (Å²) in [5.41, 5.74) is 2.00. The van der Waals surface area contributed by atoms with Gasteiger partial charge in [-0.2, -0.15) is 5.10 Å². The van der Waals surface area contributed by atoms with Gasteiger partial charge in [-0.3, -0.25) is 14.3 Å². The van der Waals surface area contributed by atoms with Gasteiger partial charge in [0.25, 0.3) is 0 Å². The first kappa shape index (κ1) is 14.1. The monoisotopic (exact) mass is 291 g/mol. The van der Waals surface area contributed by atoms with Crippen molar-refractivity contribution >= 4 is 11.9 Å². The topological polar surface area (TPSA) is 75.4 Å². The largest absolute Gasteiger partial charge is 0.481 e. The Hall–Kier alpha value is -1.85. The molecule has 0 saturated carbocycles. The molecule has 6 nitrogen and oxygen atoms in total. The molecule has 1 aromatic rings. The number of rotatable bonds is 4. The number of aliphatic carboxylic acids is 1. The van der Waals surface area contributed by atoms with Crippen molar-refractivity contribution in [3.8, 4) is 0 Å². The second kappa shape index (κ2) is 5.16. The van der Waals surface area contributed by atoms with E-state index in [2.05, 4.69) is 5.10 Å². The zero-order chi connectivity index (χ0) is 15.1. The van der Waals surface area contributed by atoms with Crippen LogP contribution >= 0.6 is 0 Å². The van der Waals surface area contributed by atoms with E-state index >= 15 is 0 Å². The minimum atomic E-state index is -0.765. The first-order chi connectivity index (χ1) is 9.97. The number of carbonyl (C=O) groups excluding carboxylic acids is 1. The Labute approximate surface area is 123 Å². The second-order valence-corrected chi connectivity index (χ2v) is 6.18. The van der Waals surface area contributed by atoms with Crippen molar-refractivity contribution in [3.05, 3.63) is 17.5 Å². The van der Waals surface area contributed by atoms with E-state index in [-0.39, 0.29) is 23.9 Å². The molecule has 2 aliphatic rings. The fourth-order valence-electron chi connectivity index (χ4n) is 3.87. The van der Waals surface area contributed by atoms with Crippen LogP contribution in [0.2, 0.25) is 0 Å². The number of fused-ring (bicyclic) bond motifs is 2. The molecule has 3 heterocycles. The summed E-state index contributed by atoms with van der Waals surface area (Å²) >= 11 is 0. The summed E-state index contributed by atoms with van der Waals surface area (Å²) in [5, 5.41) is 13.6. The number of carboxylic acids is 1. The first-order valence-electron chi connectivity index (χ1n) is 7.52. The van der Waals surface area contributed by atoms with Crippen molar-refractivity contribution in [3.63, 3.8) is 0 Å². The van der Waals surface area contributed by atoms with Crippen LogP contribution in [0.15, 0.2) is 6.07 Å². The van der Waals surface area contributed by atoms with Crippen molar-refractivity contribution in [1.82, 2.24) is 14.7 Å². The van der Waals surface area contributed by atoms with Gasteiger partial charge in [-0.05, 0) is 39.2 Å². The molecule has 3 atom stereocenters. The molecule has 6 heteroatoms. The van der Waals surface area contributed by atoms with E-state index in [4.69, 9.17) is 0 Å². The number of amides is 1. The molecule has 21 heavy (non-hydrogen) atoms. The highest BCUT2D eigenvalue weighted by Crippen LogP contribution is 2.42. The summed E-state index contributed by atoms with van der Waals surface area (Å²) in [6, 6.07) is 2.02. The number of hydrogen-bond acceptors (Lipinski definition) is 3. The molecular formula is C15H21N3O3. The number of carboxylic acid groups (broad SMARTS) is 1. The lowest BCUT2D eigenvalue weighted by atomic mass is 9.89. The fourth-order valence-corrected chi connectivity index (χ4v) is 3.87. The van der Waals surface area contributed by atoms with Crippen LogP contribution in [0.25, 0.3) is 0 Å². The molecule has 114 valence electrons. The zero-order valence-electron chi connectivity index (χ0n) is 12.5. The van der Waals surface area contributed by atoms with Gasteiger partial charge in [-0.15, -0.1) is 0 Å². The number of aryl methyl sites for hydroxylation is 3. The average molecular weight is 291 g/mol. The summed E-state index contributed by atoms with van der Waals surface area (Å²) in [7, 11) is 0. The number of aromatic nitrogens is 2. The molecule has 1 aromatic heterocycles. The Morgan fingerprint density at radius 2 is 2.14 bits per heavy atom. The predicted molar refractivity (Wildman–Crippen MR) is 75.7 cm³/mol. The van der Waals surface area contributed by atoms with E-state index in [0.717, 1.165) is 24.2 Å². The Morgan fingerprint density at radius 3 is 2.71 bits per heavy atom. The molecule has 2 fully saturated rings. The van der Waals surface area contributed by atoms with Crippen LogP contribution in [-0.4, -0.2) is 43.7 Å². The van der Waals surface area contributed by atoms with Crippen LogP contribution in [-0.2, 0) is 16.1 Å². The zero-order valence-corrected chi connectivity index (χ0v) is 12.5. The van der Waals surface area contributed by atoms with Gasteiger partial charge in [0.2, 0.25) is 5.91 Å². The van der Waals surface area contributed by atoms with E-state index in [1.54, 1.807) is 0 Å². The third-order valence-corrected chi connectivity index (χ3v) is 4.78. The number of hydrogen-bond donors (Lipinski definition) is 1. The quantitative estimate of drug-likeness (QED) is 0.908. The van der Waals surface area contributed by atoms with Crippen LogP contribution in [0.5, 0.6) is 0 Å². The van der Waals surface area contributed by atoms with Crippen LogP contribution in [0.4, 0.5) is 0 Å². The van der Waals surface area contributed by atoms with Crippen molar-refractivity contribution in [2.24, 2.45) is 5.92 Å². The number of nitrogens with zero attached hydrogens (tertiary/aromatic N) is 3. The molecule has 2 aliphatic heterocycles. The minimum Gasteiger partial charge on any atom is -0.481 e. The molecule has 1 amide bonds. The van der Waals surface area contributed by atoms with Crippen molar-refractivity contribution in [1.29, 1.82) is 0 Å². The van der Waals surface area contributed by atoms with Gasteiger partial charge in [0, 0.05) is 30.7 Å². The van der Waals surface area contributed by atoms with Crippen LogP contribution in [0, 0.1) is 19.8 Å². The lowest BCUT2D eigenvalue weighted by molar-refractivity contribution is -0.143. The smallest absolute Gasteiger partial charge is 0.308 e. The van der Waals surface area contributed by atoms with Crippen LogP contribution < -0.4 is 0 Å². The maximum Gasteiger partial charge on any atom is 0.308 e. The third-order valence-electron chi connectivity index (χ3n) is 4.78.